The molecule has 0 bridgehead atoms. The summed E-state index contributed by atoms with van der Waals surface area (Å²) in [5.41, 5.74) is 0. The Labute approximate surface area is 611 Å². The summed E-state index contributed by atoms with van der Waals surface area (Å²) in [6.07, 6.45) is 106. The van der Waals surface area contributed by atoms with E-state index in [1.165, 1.54) is 372 Å². The summed E-state index contributed by atoms with van der Waals surface area (Å²) in [4.78, 5) is 38.2. The molecule has 0 rings (SSSR count). The Morgan fingerprint density at radius 1 is 0.316 bits per heavy atom. The van der Waals surface area contributed by atoms with E-state index in [4.69, 9.17) is 18.5 Å². The van der Waals surface area contributed by atoms with Crippen molar-refractivity contribution in [3.8, 4) is 0 Å². The predicted molar refractivity (Wildman–Crippen MR) is 425 cm³/mol. The Hall–Kier alpha value is -2.03. The normalized spacial score (nSPS) is 13.2. The SMILES string of the molecule is CCCCCCC/C=C\C/C=C\CCCCCCCCCCCCCCCCCCCCCCCCCCCC(=O)OCC(COP(=O)([O-])OCC[N+](C)(C)C)OC(=O)CCCCCCCCCCCCCCCCCCCCCCCCCCC/C=C\C/C=C\CCCCCCC. The molecule has 98 heavy (non-hydrogen) atoms. The molecule has 0 amide bonds. The first-order valence-electron chi connectivity index (χ1n) is 43.3. The molecule has 0 spiro atoms. The van der Waals surface area contributed by atoms with E-state index in [1.807, 2.05) is 21.1 Å². The number of phosphoric acid groups is 1. The minimum absolute atomic E-state index is 0.0272. The maximum absolute atomic E-state index is 12.9. The summed E-state index contributed by atoms with van der Waals surface area (Å²) in [5.74, 6) is -0.805. The van der Waals surface area contributed by atoms with Gasteiger partial charge in [0.25, 0.3) is 7.82 Å². The van der Waals surface area contributed by atoms with Gasteiger partial charge in [-0.25, -0.2) is 0 Å². The van der Waals surface area contributed by atoms with Crippen molar-refractivity contribution < 1.29 is 42.1 Å². The minimum atomic E-state index is -4.64. The molecule has 0 saturated carbocycles. The van der Waals surface area contributed by atoms with Crippen LogP contribution in [0.4, 0.5) is 0 Å². The maximum Gasteiger partial charge on any atom is 0.306 e. The zero-order valence-corrected chi connectivity index (χ0v) is 67.2. The van der Waals surface area contributed by atoms with Gasteiger partial charge in [0.2, 0.25) is 0 Å². The zero-order chi connectivity index (χ0) is 71.1. The third-order valence-electron chi connectivity index (χ3n) is 19.8. The lowest BCUT2D eigenvalue weighted by Gasteiger charge is -2.28. The largest absolute Gasteiger partial charge is 0.756 e. The summed E-state index contributed by atoms with van der Waals surface area (Å²) in [5, 5.41) is 0. The number of phosphoric ester groups is 1. The van der Waals surface area contributed by atoms with Crippen LogP contribution in [0.3, 0.4) is 0 Å². The number of carbonyl (C=O) groups is 2. The second-order valence-corrected chi connectivity index (χ2v) is 32.3. The number of carbonyl (C=O) groups excluding carboxylic acids is 2. The number of ether oxygens (including phenoxy) is 2. The fourth-order valence-electron chi connectivity index (χ4n) is 13.2. The first-order chi connectivity index (χ1) is 48.0. The van der Waals surface area contributed by atoms with E-state index < -0.39 is 26.5 Å². The number of unbranched alkanes of at least 4 members (excludes halogenated alkanes) is 60. The zero-order valence-electron chi connectivity index (χ0n) is 66.3. The fraction of sp³-hybridized carbons (Fsp3) is 0.886. The number of allylic oxidation sites excluding steroid dienone is 8. The number of quaternary nitrogens is 1. The van der Waals surface area contributed by atoms with E-state index in [9.17, 15) is 19.0 Å². The van der Waals surface area contributed by atoms with Gasteiger partial charge in [0.15, 0.2) is 6.10 Å². The van der Waals surface area contributed by atoms with Crippen molar-refractivity contribution in [3.63, 3.8) is 0 Å². The second kappa shape index (κ2) is 79.1. The Balaban J connectivity index is 3.86. The Morgan fingerprint density at radius 2 is 0.551 bits per heavy atom. The van der Waals surface area contributed by atoms with Gasteiger partial charge in [-0.15, -0.1) is 0 Å². The third-order valence-corrected chi connectivity index (χ3v) is 20.8. The van der Waals surface area contributed by atoms with Gasteiger partial charge >= 0.3 is 11.9 Å². The number of hydrogen-bond acceptors (Lipinski definition) is 8. The monoisotopic (exact) mass is 1400 g/mol. The number of esters is 2. The lowest BCUT2D eigenvalue weighted by atomic mass is 10.0. The van der Waals surface area contributed by atoms with E-state index in [1.54, 1.807) is 0 Å². The molecule has 0 aliphatic carbocycles. The topological polar surface area (TPSA) is 111 Å². The van der Waals surface area contributed by atoms with Crippen LogP contribution in [0.2, 0.25) is 0 Å². The van der Waals surface area contributed by atoms with Crippen molar-refractivity contribution in [3.05, 3.63) is 48.6 Å². The van der Waals surface area contributed by atoms with E-state index in [2.05, 4.69) is 62.5 Å². The molecule has 578 valence electrons. The highest BCUT2D eigenvalue weighted by Gasteiger charge is 2.22. The summed E-state index contributed by atoms with van der Waals surface area (Å²) < 4.78 is 34.5. The van der Waals surface area contributed by atoms with Gasteiger partial charge in [-0.1, -0.05) is 409 Å². The highest BCUT2D eigenvalue weighted by molar-refractivity contribution is 7.45. The molecule has 0 radical (unpaired) electrons. The molecule has 0 aliphatic rings. The van der Waals surface area contributed by atoms with Gasteiger partial charge in [0.1, 0.15) is 19.8 Å². The smallest absolute Gasteiger partial charge is 0.306 e. The molecule has 0 aliphatic heterocycles. The lowest BCUT2D eigenvalue weighted by Crippen LogP contribution is -2.37. The van der Waals surface area contributed by atoms with Crippen LogP contribution in [0.1, 0.15) is 450 Å². The highest BCUT2D eigenvalue weighted by Crippen LogP contribution is 2.38. The molecule has 0 heterocycles. The Bertz CT molecular complexity index is 1790. The molecule has 0 saturated heterocycles. The van der Waals surface area contributed by atoms with Crippen molar-refractivity contribution >= 4 is 19.8 Å². The second-order valence-electron chi connectivity index (χ2n) is 30.9. The molecule has 0 aromatic carbocycles. The van der Waals surface area contributed by atoms with Crippen LogP contribution in [-0.2, 0) is 32.7 Å². The molecular weight excluding hydrogens is 1230 g/mol. The van der Waals surface area contributed by atoms with Crippen molar-refractivity contribution in [2.45, 2.75) is 457 Å². The van der Waals surface area contributed by atoms with Gasteiger partial charge < -0.3 is 27.9 Å². The average molecular weight is 1400 g/mol. The predicted octanol–water partition coefficient (Wildman–Crippen LogP) is 28.4. The average Bonchev–Trinajstić information content (AvgIpc) is 1.14. The van der Waals surface area contributed by atoms with Crippen LogP contribution in [0, 0.1) is 0 Å². The molecule has 0 fully saturated rings. The minimum Gasteiger partial charge on any atom is -0.756 e. The Morgan fingerprint density at radius 3 is 0.806 bits per heavy atom. The third kappa shape index (κ3) is 82.9. The maximum atomic E-state index is 12.9. The van der Waals surface area contributed by atoms with Gasteiger partial charge in [0.05, 0.1) is 27.7 Å². The number of likely N-dealkylation sites (N-methyl/N-ethyl adjacent to an activating group) is 1. The number of hydrogen-bond donors (Lipinski definition) is 0. The standard InChI is InChI=1S/C88H168NO8P/c1-6-8-10-12-14-16-18-20-22-24-26-28-30-32-34-36-38-40-42-44-46-48-50-52-54-56-58-60-62-64-66-68-70-72-74-76-78-80-87(90)94-84-86(85-96-98(92,93)95-83-82-89(3,4)5)97-88(91)81-79-77-75-73-71-69-67-65-63-61-59-57-55-53-51-49-47-45-43-41-39-37-35-33-31-29-27-25-23-21-19-17-15-13-11-9-7-2/h18-21,24-27,86H,6-17,22-23,28-85H2,1-5H3/b20-18-,21-19-,26-24-,27-25-. The first-order valence-corrected chi connectivity index (χ1v) is 44.8. The van der Waals surface area contributed by atoms with Crippen molar-refractivity contribution in [1.29, 1.82) is 0 Å². The quantitative estimate of drug-likeness (QED) is 0.0195. The summed E-state index contributed by atoms with van der Waals surface area (Å²) >= 11 is 0. The molecule has 2 atom stereocenters. The summed E-state index contributed by atoms with van der Waals surface area (Å²) in [6, 6.07) is 0. The molecule has 10 heteroatoms. The van der Waals surface area contributed by atoms with Crippen LogP contribution in [0.25, 0.3) is 0 Å². The van der Waals surface area contributed by atoms with Gasteiger partial charge in [-0.05, 0) is 77.0 Å². The lowest BCUT2D eigenvalue weighted by molar-refractivity contribution is -0.870. The van der Waals surface area contributed by atoms with E-state index >= 15 is 0 Å². The van der Waals surface area contributed by atoms with Crippen LogP contribution in [0.15, 0.2) is 48.6 Å². The van der Waals surface area contributed by atoms with Crippen molar-refractivity contribution in [1.82, 2.24) is 0 Å². The molecule has 0 N–H and O–H groups in total. The van der Waals surface area contributed by atoms with Crippen molar-refractivity contribution in [2.75, 3.05) is 47.5 Å². The number of rotatable bonds is 82. The molecule has 2 unspecified atom stereocenters. The van der Waals surface area contributed by atoms with Crippen LogP contribution in [-0.4, -0.2) is 70.0 Å². The molecule has 0 aromatic rings. The number of nitrogens with zero attached hydrogens (tertiary/aromatic N) is 1. The van der Waals surface area contributed by atoms with E-state index in [0.29, 0.717) is 17.4 Å². The van der Waals surface area contributed by atoms with Crippen LogP contribution < -0.4 is 4.89 Å². The molecule has 0 aromatic heterocycles. The fourth-order valence-corrected chi connectivity index (χ4v) is 13.9. The molecular formula is C88H168NO8P. The van der Waals surface area contributed by atoms with Gasteiger partial charge in [-0.3, -0.25) is 14.2 Å². The summed E-state index contributed by atoms with van der Waals surface area (Å²) in [7, 11) is 1.19. The summed E-state index contributed by atoms with van der Waals surface area (Å²) in [6.45, 7) is 4.30. The van der Waals surface area contributed by atoms with Crippen LogP contribution >= 0.6 is 7.82 Å². The van der Waals surface area contributed by atoms with Crippen LogP contribution in [0.5, 0.6) is 0 Å². The highest BCUT2D eigenvalue weighted by atomic mass is 31.2. The van der Waals surface area contributed by atoms with E-state index in [0.717, 1.165) is 44.9 Å². The van der Waals surface area contributed by atoms with E-state index in [-0.39, 0.29) is 32.0 Å². The van der Waals surface area contributed by atoms with Gasteiger partial charge in [-0.2, -0.15) is 0 Å². The Kier molecular flexibility index (Phi) is 77.5. The first kappa shape index (κ1) is 96.0. The molecule has 9 nitrogen and oxygen atoms in total. The van der Waals surface area contributed by atoms with Crippen molar-refractivity contribution in [2.24, 2.45) is 0 Å². The van der Waals surface area contributed by atoms with Gasteiger partial charge in [0, 0.05) is 12.8 Å².